The smallest absolute Gasteiger partial charge is 0.506 e. The number of nitrogens with zero attached hydrogens (tertiary/aromatic N) is 4. The summed E-state index contributed by atoms with van der Waals surface area (Å²) in [4.78, 5) is 56.2. The van der Waals surface area contributed by atoms with Crippen LogP contribution in [0.5, 0.6) is 11.5 Å². The standard InChI is InChI=1S/C20H13N3O7S.C18H14N4O6.Cr/c24-16-8-5-11-3-1-2-4-13(11)19(16)21-22-20-14-7-6-12(23(26)27)9-15(14)18(10-17(20)25)31(28,29)30;1-28-18(25)19-13-4-2-3-10-5-8-14(23)17(16(10)13)21-20-12-7-6-11(22(26)27)9-15(12)24;/h1-10,21,24H,(H,28,29,30);2-9,20,24H,1H3,(H,19,25);/p+2/b22-20-;21-17+;. The van der Waals surface area contributed by atoms with E-state index in [1.165, 1.54) is 37.5 Å². The van der Waals surface area contributed by atoms with Crippen LogP contribution in [0, 0.1) is 20.2 Å². The number of amides is 1. The summed E-state index contributed by atoms with van der Waals surface area (Å²) in [5, 5.41) is 54.0. The van der Waals surface area contributed by atoms with Crippen LogP contribution in [-0.4, -0.2) is 69.2 Å². The van der Waals surface area contributed by atoms with Crippen LogP contribution in [0.3, 0.4) is 0 Å². The molecule has 0 saturated carbocycles. The number of ketones is 2. The molecule has 0 aliphatic heterocycles. The number of methoxy groups -OCH3 is 1. The first-order valence-corrected chi connectivity index (χ1v) is 18.1. The number of hydrogen-bond donors (Lipinski definition) is 6. The number of benzene rings is 5. The quantitative estimate of drug-likeness (QED) is 0.0438. The molecular formula is C38H29CrN7O13S+2. The molecule has 0 bridgehead atoms. The van der Waals surface area contributed by atoms with Crippen LogP contribution in [0.1, 0.15) is 25.1 Å². The van der Waals surface area contributed by atoms with Gasteiger partial charge in [0.25, 0.3) is 21.5 Å². The third-order valence-corrected chi connectivity index (χ3v) is 9.47. The minimum absolute atomic E-state index is 0. The van der Waals surface area contributed by atoms with Crippen molar-refractivity contribution in [2.75, 3.05) is 23.3 Å². The first-order valence-electron chi connectivity index (χ1n) is 16.7. The molecule has 20 nitrogen and oxygen atoms in total. The summed E-state index contributed by atoms with van der Waals surface area (Å²) < 4.78 is 37.5. The van der Waals surface area contributed by atoms with Crippen molar-refractivity contribution in [2.24, 2.45) is 10.2 Å². The number of ether oxygens (including phenoxy) is 1. The Bertz CT molecular complexity index is 2890. The van der Waals surface area contributed by atoms with Crippen LogP contribution in [-0.2, 0) is 41.8 Å². The van der Waals surface area contributed by atoms with E-state index in [0.717, 1.165) is 23.6 Å². The van der Waals surface area contributed by atoms with Gasteiger partial charge in [-0.3, -0.25) is 50.5 Å². The maximum absolute atomic E-state index is 12.6. The van der Waals surface area contributed by atoms with Crippen molar-refractivity contribution in [2.45, 2.75) is 0 Å². The SMILES string of the molecule is COC(=O)Nc1cccc2c1/C(=N/Nc1ccc([N+](=O)[O-])cc1O)C(=O)C=C2.O=C1C=C(S(=O)(=O)O)c2cc([N+](=O)[O-])ccc2/C1=N/Nc1c(O)ccc2ccccc12.[Cr].[H+].[H+]. The molecule has 0 saturated heterocycles. The van der Waals surface area contributed by atoms with Gasteiger partial charge in [-0.15, -0.1) is 0 Å². The van der Waals surface area contributed by atoms with Gasteiger partial charge < -0.3 is 14.9 Å². The molecule has 2 aliphatic carbocycles. The Labute approximate surface area is 351 Å². The molecule has 0 fully saturated rings. The van der Waals surface area contributed by atoms with Crippen molar-refractivity contribution in [3.05, 3.63) is 146 Å². The van der Waals surface area contributed by atoms with E-state index in [-0.39, 0.29) is 65.6 Å². The Hall–Kier alpha value is -7.77. The third kappa shape index (κ3) is 9.17. The van der Waals surface area contributed by atoms with Gasteiger partial charge in [0.1, 0.15) is 33.5 Å². The molecule has 0 heterocycles. The van der Waals surface area contributed by atoms with Crippen LogP contribution < -0.4 is 16.2 Å². The molecule has 1 amide bonds. The Morgan fingerprint density at radius 1 is 0.767 bits per heavy atom. The number of phenolic OH excluding ortho intramolecular Hbond substituents is 2. The minimum atomic E-state index is -4.84. The maximum Gasteiger partial charge on any atom is 1.00 e. The first-order chi connectivity index (χ1) is 28.1. The number of nitro benzene ring substituents is 2. The number of anilines is 3. The third-order valence-electron chi connectivity index (χ3n) is 8.58. The van der Waals surface area contributed by atoms with Gasteiger partial charge in [-0.05, 0) is 41.3 Å². The number of hydrogen-bond acceptors (Lipinski definition) is 16. The number of allylic oxidation sites excluding steroid dienone is 2. The Morgan fingerprint density at radius 3 is 2.13 bits per heavy atom. The van der Waals surface area contributed by atoms with Crippen LogP contribution in [0.2, 0.25) is 0 Å². The summed E-state index contributed by atoms with van der Waals surface area (Å²) >= 11 is 0. The first kappa shape index (κ1) is 43.4. The number of rotatable bonds is 8. The number of carbonyl (C=O) groups excluding carboxylic acids is 3. The van der Waals surface area contributed by atoms with Gasteiger partial charge in [0.2, 0.25) is 11.6 Å². The number of carbonyl (C=O) groups is 3. The molecule has 2 aliphatic rings. The summed E-state index contributed by atoms with van der Waals surface area (Å²) in [6.07, 6.45) is 2.84. The van der Waals surface area contributed by atoms with Crippen molar-refractivity contribution in [3.8, 4) is 11.5 Å². The Morgan fingerprint density at radius 2 is 1.45 bits per heavy atom. The number of phenols is 2. The number of hydrazone groups is 2. The summed E-state index contributed by atoms with van der Waals surface area (Å²) in [7, 11) is -3.63. The summed E-state index contributed by atoms with van der Waals surface area (Å²) in [6, 6.07) is 21.9. The molecular weight excluding hydrogens is 847 g/mol. The average molecular weight is 876 g/mol. The zero-order valence-corrected chi connectivity index (χ0v) is 32.5. The van der Waals surface area contributed by atoms with E-state index < -0.39 is 54.0 Å². The van der Waals surface area contributed by atoms with E-state index in [9.17, 15) is 57.8 Å². The topological polar surface area (TPSA) is 302 Å². The van der Waals surface area contributed by atoms with Crippen molar-refractivity contribution < 1.29 is 72.4 Å². The molecule has 0 radical (unpaired) electrons. The van der Waals surface area contributed by atoms with Gasteiger partial charge in [0, 0.05) is 63.7 Å². The summed E-state index contributed by atoms with van der Waals surface area (Å²) in [5.74, 6) is -1.82. The second-order valence-electron chi connectivity index (χ2n) is 12.2. The maximum atomic E-state index is 12.6. The molecule has 0 unspecified atom stereocenters. The minimum Gasteiger partial charge on any atom is -0.506 e. The number of aromatic hydroxyl groups is 2. The predicted octanol–water partition coefficient (Wildman–Crippen LogP) is 6.19. The molecule has 60 heavy (non-hydrogen) atoms. The van der Waals surface area contributed by atoms with E-state index in [2.05, 4.69) is 31.1 Å². The van der Waals surface area contributed by atoms with Crippen molar-refractivity contribution in [1.29, 1.82) is 0 Å². The summed E-state index contributed by atoms with van der Waals surface area (Å²) in [5.41, 5.74) is 5.53. The van der Waals surface area contributed by atoms with Gasteiger partial charge in [0.05, 0.1) is 34.4 Å². The zero-order valence-electron chi connectivity index (χ0n) is 32.4. The fraction of sp³-hybridized carbons (Fsp3) is 0.0263. The molecule has 5 aromatic rings. The van der Waals surface area contributed by atoms with Crippen LogP contribution in [0.4, 0.5) is 33.2 Å². The van der Waals surface area contributed by atoms with Crippen molar-refractivity contribution in [1.82, 2.24) is 0 Å². The van der Waals surface area contributed by atoms with E-state index in [4.69, 9.17) is 0 Å². The van der Waals surface area contributed by atoms with Gasteiger partial charge in [-0.2, -0.15) is 18.6 Å². The van der Waals surface area contributed by atoms with Gasteiger partial charge >= 0.3 is 8.95 Å². The second kappa shape index (κ2) is 17.8. The van der Waals surface area contributed by atoms with E-state index in [1.54, 1.807) is 42.5 Å². The molecule has 22 heteroatoms. The molecule has 0 aromatic heterocycles. The summed E-state index contributed by atoms with van der Waals surface area (Å²) in [6.45, 7) is 0. The normalized spacial score (nSPS) is 14.1. The molecule has 5 aromatic carbocycles. The van der Waals surface area contributed by atoms with Crippen molar-refractivity contribution >= 4 is 89.4 Å². The van der Waals surface area contributed by atoms with E-state index in [0.29, 0.717) is 28.3 Å². The molecule has 0 atom stereocenters. The number of nitro groups is 2. The van der Waals surface area contributed by atoms with Crippen LogP contribution >= 0.6 is 0 Å². The van der Waals surface area contributed by atoms with Gasteiger partial charge in [-0.1, -0.05) is 48.5 Å². The Balaban J connectivity index is 0.000000317. The average Bonchev–Trinajstić information content (AvgIpc) is 3.20. The predicted molar refractivity (Wildman–Crippen MR) is 217 cm³/mol. The van der Waals surface area contributed by atoms with Gasteiger partial charge in [0.15, 0.2) is 0 Å². The fourth-order valence-corrected chi connectivity index (χ4v) is 6.54. The number of nitrogens with one attached hydrogen (secondary N) is 3. The zero-order chi connectivity index (χ0) is 42.6. The largest absolute Gasteiger partial charge is 1.00 e. The molecule has 6 N–H and O–H groups in total. The van der Waals surface area contributed by atoms with Crippen molar-refractivity contribution in [3.63, 3.8) is 0 Å². The fourth-order valence-electron chi connectivity index (χ4n) is 5.83. The van der Waals surface area contributed by atoms with Gasteiger partial charge in [-0.25, -0.2) is 4.79 Å². The monoisotopic (exact) mass is 875 g/mol. The Kier molecular flexibility index (Phi) is 12.9. The molecule has 304 valence electrons. The second-order valence-corrected chi connectivity index (χ2v) is 13.6. The van der Waals surface area contributed by atoms with Crippen LogP contribution in [0.15, 0.2) is 113 Å². The molecule has 0 spiro atoms. The van der Waals surface area contributed by atoms with E-state index >= 15 is 0 Å². The number of fused-ring (bicyclic) bond motifs is 3. The molecule has 7 rings (SSSR count). The number of non-ortho nitro benzene ring substituents is 2. The van der Waals surface area contributed by atoms with Crippen LogP contribution in [0.25, 0.3) is 21.8 Å². The van der Waals surface area contributed by atoms with E-state index in [1.807, 2.05) is 12.1 Å².